The molecule has 0 saturated carbocycles. The first-order valence-electron chi connectivity index (χ1n) is 9.12. The van der Waals surface area contributed by atoms with Gasteiger partial charge in [0.15, 0.2) is 0 Å². The third-order valence-corrected chi connectivity index (χ3v) is 5.76. The average Bonchev–Trinajstić information content (AvgIpc) is 2.72. The summed E-state index contributed by atoms with van der Waals surface area (Å²) in [6.45, 7) is 3.88. The first-order chi connectivity index (χ1) is 13.0. The molecule has 0 heterocycles. The Bertz CT molecular complexity index is 1040. The van der Waals surface area contributed by atoms with Crippen LogP contribution in [0.2, 0.25) is 0 Å². The van der Waals surface area contributed by atoms with Crippen molar-refractivity contribution in [2.45, 2.75) is 26.2 Å². The molecular formula is C24H22O3. The van der Waals surface area contributed by atoms with E-state index in [0.717, 1.165) is 34.2 Å². The molecule has 27 heavy (non-hydrogen) atoms. The number of phenolic OH excluding ortho intramolecular Hbond substituents is 1. The van der Waals surface area contributed by atoms with E-state index in [1.54, 1.807) is 0 Å². The van der Waals surface area contributed by atoms with Gasteiger partial charge < -0.3 is 9.84 Å². The predicted octanol–water partition coefficient (Wildman–Crippen LogP) is 5.15. The van der Waals surface area contributed by atoms with Crippen molar-refractivity contribution in [1.29, 1.82) is 0 Å². The highest BCUT2D eigenvalue weighted by Gasteiger charge is 2.33. The molecule has 3 nitrogen and oxygen atoms in total. The van der Waals surface area contributed by atoms with Gasteiger partial charge in [-0.1, -0.05) is 54.6 Å². The molecule has 0 bridgehead atoms. The van der Waals surface area contributed by atoms with Gasteiger partial charge in [-0.25, -0.2) is 4.79 Å². The van der Waals surface area contributed by atoms with Gasteiger partial charge in [0.05, 0.1) is 7.11 Å². The minimum absolute atomic E-state index is 0.0195. The zero-order valence-electron chi connectivity index (χ0n) is 15.7. The van der Waals surface area contributed by atoms with Crippen molar-refractivity contribution in [2.24, 2.45) is 0 Å². The van der Waals surface area contributed by atoms with Crippen molar-refractivity contribution in [1.82, 2.24) is 0 Å². The normalized spacial score (nSPS) is 15.0. The van der Waals surface area contributed by atoms with Gasteiger partial charge in [-0.05, 0) is 53.6 Å². The van der Waals surface area contributed by atoms with Crippen LogP contribution in [0.5, 0.6) is 5.75 Å². The van der Waals surface area contributed by atoms with Crippen LogP contribution < -0.4 is 0 Å². The maximum Gasteiger partial charge on any atom is 0.342 e. The molecule has 1 unspecified atom stereocenters. The second-order valence-electron chi connectivity index (χ2n) is 7.07. The molecule has 4 rings (SSSR count). The fourth-order valence-electron chi connectivity index (χ4n) is 4.23. The highest BCUT2D eigenvalue weighted by molar-refractivity contribution is 6.03. The van der Waals surface area contributed by atoms with Crippen LogP contribution in [0.15, 0.2) is 54.6 Å². The fourth-order valence-corrected chi connectivity index (χ4v) is 4.23. The van der Waals surface area contributed by atoms with Crippen molar-refractivity contribution in [3.05, 3.63) is 88.0 Å². The molecule has 1 aliphatic carbocycles. The molecule has 0 radical (unpaired) electrons. The fraction of sp³-hybridized carbons (Fsp3) is 0.208. The summed E-state index contributed by atoms with van der Waals surface area (Å²) in [6, 6.07) is 18.6. The molecular weight excluding hydrogens is 336 g/mol. The van der Waals surface area contributed by atoms with E-state index in [-0.39, 0.29) is 17.2 Å². The summed E-state index contributed by atoms with van der Waals surface area (Å²) < 4.78 is 5.01. The van der Waals surface area contributed by atoms with E-state index in [1.165, 1.54) is 18.2 Å². The Morgan fingerprint density at radius 2 is 1.67 bits per heavy atom. The summed E-state index contributed by atoms with van der Waals surface area (Å²) >= 11 is 0. The number of esters is 1. The maximum atomic E-state index is 12.5. The number of ether oxygens (including phenoxy) is 1. The van der Waals surface area contributed by atoms with Crippen LogP contribution >= 0.6 is 0 Å². The molecule has 0 aromatic heterocycles. The van der Waals surface area contributed by atoms with Gasteiger partial charge in [-0.15, -0.1) is 0 Å². The number of carbonyl (C=O) groups excluding carboxylic acids is 1. The van der Waals surface area contributed by atoms with E-state index >= 15 is 0 Å². The van der Waals surface area contributed by atoms with Gasteiger partial charge in [0, 0.05) is 11.5 Å². The molecule has 0 fully saturated rings. The largest absolute Gasteiger partial charge is 0.507 e. The number of carbonyl (C=O) groups is 1. The number of aromatic hydroxyl groups is 1. The molecule has 0 aliphatic heterocycles. The standard InChI is InChI=1S/C24H22O3/c1-14-15(2)23(25)22(24(26)27-3)21-18-12-8-7-11-17(18)20(13-19(14)21)16-9-5-4-6-10-16/h4-12,20,25H,13H2,1-3H3. The summed E-state index contributed by atoms with van der Waals surface area (Å²) in [5, 5.41) is 10.7. The van der Waals surface area contributed by atoms with Crippen molar-refractivity contribution in [2.75, 3.05) is 7.11 Å². The molecule has 0 spiro atoms. The average molecular weight is 358 g/mol. The van der Waals surface area contributed by atoms with Gasteiger partial charge in [0.1, 0.15) is 11.3 Å². The van der Waals surface area contributed by atoms with Crippen LogP contribution in [0.3, 0.4) is 0 Å². The Balaban J connectivity index is 2.06. The van der Waals surface area contributed by atoms with Gasteiger partial charge in [-0.2, -0.15) is 0 Å². The Kier molecular flexibility index (Phi) is 4.23. The lowest BCUT2D eigenvalue weighted by Crippen LogP contribution is -2.18. The monoisotopic (exact) mass is 358 g/mol. The zero-order valence-corrected chi connectivity index (χ0v) is 15.7. The topological polar surface area (TPSA) is 46.5 Å². The molecule has 1 atom stereocenters. The van der Waals surface area contributed by atoms with Crippen molar-refractivity contribution < 1.29 is 14.6 Å². The highest BCUT2D eigenvalue weighted by Crippen LogP contribution is 2.48. The maximum absolute atomic E-state index is 12.5. The first-order valence-corrected chi connectivity index (χ1v) is 9.12. The molecule has 3 aromatic rings. The molecule has 3 heteroatoms. The zero-order chi connectivity index (χ0) is 19.1. The summed E-state index contributed by atoms with van der Waals surface area (Å²) in [5.41, 5.74) is 7.37. The summed E-state index contributed by atoms with van der Waals surface area (Å²) in [7, 11) is 1.35. The van der Waals surface area contributed by atoms with E-state index in [2.05, 4.69) is 30.3 Å². The van der Waals surface area contributed by atoms with Crippen LogP contribution in [0.4, 0.5) is 0 Å². The quantitative estimate of drug-likeness (QED) is 0.644. The summed E-state index contributed by atoms with van der Waals surface area (Å²) in [6.07, 6.45) is 0.785. The molecule has 3 aromatic carbocycles. The Labute approximate surface area is 159 Å². The van der Waals surface area contributed by atoms with Crippen molar-refractivity contribution in [3.63, 3.8) is 0 Å². The summed E-state index contributed by atoms with van der Waals surface area (Å²) in [4.78, 5) is 12.5. The van der Waals surface area contributed by atoms with Crippen LogP contribution in [-0.4, -0.2) is 18.2 Å². The minimum Gasteiger partial charge on any atom is -0.507 e. The lowest BCUT2D eigenvalue weighted by atomic mass is 9.72. The van der Waals surface area contributed by atoms with E-state index in [0.29, 0.717) is 0 Å². The SMILES string of the molecule is COC(=O)c1c(O)c(C)c(C)c2c1-c1ccccc1C(c1ccccc1)C2. The number of methoxy groups -OCH3 is 1. The Hall–Kier alpha value is -3.07. The number of hydrogen-bond acceptors (Lipinski definition) is 3. The second-order valence-corrected chi connectivity index (χ2v) is 7.07. The third kappa shape index (κ3) is 2.62. The minimum atomic E-state index is -0.500. The molecule has 0 amide bonds. The van der Waals surface area contributed by atoms with Crippen molar-refractivity contribution in [3.8, 4) is 16.9 Å². The van der Waals surface area contributed by atoms with E-state index in [1.807, 2.05) is 38.1 Å². The summed E-state index contributed by atoms with van der Waals surface area (Å²) in [5.74, 6) is -0.270. The van der Waals surface area contributed by atoms with E-state index in [4.69, 9.17) is 4.74 Å². The second kappa shape index (κ2) is 6.58. The number of phenols is 1. The van der Waals surface area contributed by atoms with E-state index in [9.17, 15) is 9.90 Å². The number of benzene rings is 3. The molecule has 1 aliphatic rings. The number of hydrogen-bond donors (Lipinski definition) is 1. The Morgan fingerprint density at radius 1 is 1.00 bits per heavy atom. The highest BCUT2D eigenvalue weighted by atomic mass is 16.5. The van der Waals surface area contributed by atoms with Gasteiger partial charge in [0.2, 0.25) is 0 Å². The van der Waals surface area contributed by atoms with Crippen LogP contribution in [0.1, 0.15) is 44.1 Å². The molecule has 0 saturated heterocycles. The lowest BCUT2D eigenvalue weighted by molar-refractivity contribution is 0.0598. The first kappa shape index (κ1) is 17.3. The van der Waals surface area contributed by atoms with Crippen LogP contribution in [-0.2, 0) is 11.2 Å². The van der Waals surface area contributed by atoms with Gasteiger partial charge in [-0.3, -0.25) is 0 Å². The lowest BCUT2D eigenvalue weighted by Gasteiger charge is -2.31. The predicted molar refractivity (Wildman–Crippen MR) is 106 cm³/mol. The Morgan fingerprint density at radius 3 is 2.37 bits per heavy atom. The molecule has 1 N–H and O–H groups in total. The van der Waals surface area contributed by atoms with Crippen molar-refractivity contribution >= 4 is 5.97 Å². The van der Waals surface area contributed by atoms with E-state index < -0.39 is 5.97 Å². The number of rotatable bonds is 2. The van der Waals surface area contributed by atoms with Gasteiger partial charge in [0.25, 0.3) is 0 Å². The third-order valence-electron chi connectivity index (χ3n) is 5.76. The van der Waals surface area contributed by atoms with Crippen LogP contribution in [0.25, 0.3) is 11.1 Å². The van der Waals surface area contributed by atoms with Gasteiger partial charge >= 0.3 is 5.97 Å². The van der Waals surface area contributed by atoms with Crippen LogP contribution in [0, 0.1) is 13.8 Å². The smallest absolute Gasteiger partial charge is 0.342 e. The molecule has 136 valence electrons. The number of fused-ring (bicyclic) bond motifs is 3.